The van der Waals surface area contributed by atoms with Gasteiger partial charge < -0.3 is 13.9 Å². The molecule has 1 aromatic heterocycles. The lowest BCUT2D eigenvalue weighted by molar-refractivity contribution is 0.174. The van der Waals surface area contributed by atoms with Crippen LogP contribution in [0.25, 0.3) is 22.3 Å². The molecule has 0 spiro atoms. The SMILES string of the molecule is Cc1cccc(N=c2cc(-c3ccc4c(c3)OCO4)oc3ccccc23)c1. The summed E-state index contributed by atoms with van der Waals surface area (Å²) in [6.45, 7) is 2.32. The fourth-order valence-corrected chi connectivity index (χ4v) is 3.24. The van der Waals surface area contributed by atoms with E-state index in [9.17, 15) is 0 Å². The third kappa shape index (κ3) is 2.95. The fourth-order valence-electron chi connectivity index (χ4n) is 3.24. The van der Waals surface area contributed by atoms with Gasteiger partial charge >= 0.3 is 0 Å². The molecule has 0 saturated heterocycles. The van der Waals surface area contributed by atoms with Crippen LogP contribution in [0.5, 0.6) is 11.5 Å². The number of hydrogen-bond donors (Lipinski definition) is 0. The minimum Gasteiger partial charge on any atom is -0.456 e. The quantitative estimate of drug-likeness (QED) is 0.485. The highest BCUT2D eigenvalue weighted by Gasteiger charge is 2.15. The maximum atomic E-state index is 6.15. The first-order valence-corrected chi connectivity index (χ1v) is 8.81. The minimum absolute atomic E-state index is 0.252. The summed E-state index contributed by atoms with van der Waals surface area (Å²) in [6, 6.07) is 23.9. The number of benzene rings is 3. The molecule has 0 bridgehead atoms. The molecule has 27 heavy (non-hydrogen) atoms. The van der Waals surface area contributed by atoms with E-state index < -0.39 is 0 Å². The largest absolute Gasteiger partial charge is 0.456 e. The lowest BCUT2D eigenvalue weighted by atomic mass is 10.1. The molecule has 4 nitrogen and oxygen atoms in total. The summed E-state index contributed by atoms with van der Waals surface area (Å²) in [5.74, 6) is 2.22. The Kier molecular flexibility index (Phi) is 3.68. The first kappa shape index (κ1) is 15.7. The van der Waals surface area contributed by atoms with Crippen molar-refractivity contribution in [1.82, 2.24) is 0 Å². The number of ether oxygens (including phenoxy) is 2. The molecule has 0 radical (unpaired) electrons. The standard InChI is InChI=1S/C23H17NO3/c1-15-5-4-6-17(11-15)24-19-13-22(27-20-8-3-2-7-18(19)20)16-9-10-21-23(12-16)26-14-25-21/h2-13H,14H2,1H3. The Bertz CT molecular complexity index is 1220. The van der Waals surface area contributed by atoms with Crippen molar-refractivity contribution in [2.75, 3.05) is 6.79 Å². The van der Waals surface area contributed by atoms with E-state index in [0.717, 1.165) is 44.8 Å². The van der Waals surface area contributed by atoms with E-state index in [1.807, 2.05) is 60.7 Å². The Labute approximate surface area is 156 Å². The molecule has 0 atom stereocenters. The first-order chi connectivity index (χ1) is 13.3. The van der Waals surface area contributed by atoms with Crippen LogP contribution in [0.2, 0.25) is 0 Å². The van der Waals surface area contributed by atoms with Crippen LogP contribution in [0.3, 0.4) is 0 Å². The molecule has 4 heteroatoms. The van der Waals surface area contributed by atoms with Gasteiger partial charge in [-0.1, -0.05) is 24.3 Å². The van der Waals surface area contributed by atoms with Gasteiger partial charge in [0.15, 0.2) is 11.5 Å². The Balaban J connectivity index is 1.73. The normalized spacial score (nSPS) is 13.3. The van der Waals surface area contributed by atoms with Gasteiger partial charge in [-0.05, 0) is 55.0 Å². The third-order valence-electron chi connectivity index (χ3n) is 4.56. The molecule has 0 saturated carbocycles. The number of nitrogens with zero attached hydrogens (tertiary/aromatic N) is 1. The Hall–Kier alpha value is -3.53. The zero-order valence-corrected chi connectivity index (χ0v) is 14.8. The first-order valence-electron chi connectivity index (χ1n) is 8.81. The molecule has 1 aliphatic heterocycles. The second-order valence-electron chi connectivity index (χ2n) is 6.51. The number of aryl methyl sites for hydroxylation is 1. The fraction of sp³-hybridized carbons (Fsp3) is 0.0870. The van der Waals surface area contributed by atoms with Gasteiger partial charge in [0.25, 0.3) is 0 Å². The molecular formula is C23H17NO3. The maximum absolute atomic E-state index is 6.15. The molecule has 0 amide bonds. The van der Waals surface area contributed by atoms with Crippen molar-refractivity contribution in [3.63, 3.8) is 0 Å². The average molecular weight is 355 g/mol. The van der Waals surface area contributed by atoms with Crippen molar-refractivity contribution in [3.8, 4) is 22.8 Å². The zero-order valence-electron chi connectivity index (χ0n) is 14.8. The van der Waals surface area contributed by atoms with Gasteiger partial charge in [-0.15, -0.1) is 0 Å². The molecule has 0 aliphatic carbocycles. The van der Waals surface area contributed by atoms with Crippen LogP contribution in [0.15, 0.2) is 82.2 Å². The highest BCUT2D eigenvalue weighted by atomic mass is 16.7. The van der Waals surface area contributed by atoms with Crippen LogP contribution in [0, 0.1) is 6.92 Å². The minimum atomic E-state index is 0.252. The van der Waals surface area contributed by atoms with Crippen molar-refractivity contribution in [2.24, 2.45) is 4.99 Å². The molecule has 0 N–H and O–H groups in total. The molecular weight excluding hydrogens is 338 g/mol. The van der Waals surface area contributed by atoms with E-state index in [-0.39, 0.29) is 6.79 Å². The molecule has 3 aromatic carbocycles. The van der Waals surface area contributed by atoms with Crippen LogP contribution in [0.4, 0.5) is 5.69 Å². The third-order valence-corrected chi connectivity index (χ3v) is 4.56. The van der Waals surface area contributed by atoms with E-state index in [0.29, 0.717) is 0 Å². The monoisotopic (exact) mass is 355 g/mol. The second-order valence-corrected chi connectivity index (χ2v) is 6.51. The van der Waals surface area contributed by atoms with Gasteiger partial charge in [-0.3, -0.25) is 0 Å². The average Bonchev–Trinajstić information content (AvgIpc) is 3.16. The van der Waals surface area contributed by atoms with Crippen molar-refractivity contribution < 1.29 is 13.9 Å². The van der Waals surface area contributed by atoms with Crippen molar-refractivity contribution in [3.05, 3.63) is 83.7 Å². The maximum Gasteiger partial charge on any atom is 0.231 e. The van der Waals surface area contributed by atoms with E-state index in [1.54, 1.807) is 0 Å². The lowest BCUT2D eigenvalue weighted by Crippen LogP contribution is -2.03. The van der Waals surface area contributed by atoms with E-state index in [2.05, 4.69) is 19.1 Å². The summed E-state index contributed by atoms with van der Waals surface area (Å²) < 4.78 is 17.1. The summed E-state index contributed by atoms with van der Waals surface area (Å²) in [5.41, 5.74) is 3.81. The van der Waals surface area contributed by atoms with Crippen molar-refractivity contribution in [2.45, 2.75) is 6.92 Å². The predicted octanol–water partition coefficient (Wildman–Crippen LogP) is 5.37. The van der Waals surface area contributed by atoms with Gasteiger partial charge in [0, 0.05) is 17.0 Å². The molecule has 0 unspecified atom stereocenters. The van der Waals surface area contributed by atoms with Gasteiger partial charge in [-0.25, -0.2) is 4.99 Å². The number of hydrogen-bond acceptors (Lipinski definition) is 4. The highest BCUT2D eigenvalue weighted by Crippen LogP contribution is 2.36. The Morgan fingerprint density at radius 1 is 0.815 bits per heavy atom. The highest BCUT2D eigenvalue weighted by molar-refractivity contribution is 5.79. The molecule has 132 valence electrons. The zero-order chi connectivity index (χ0) is 18.2. The topological polar surface area (TPSA) is 44.0 Å². The lowest BCUT2D eigenvalue weighted by Gasteiger charge is -2.06. The molecule has 5 rings (SSSR count). The van der Waals surface area contributed by atoms with E-state index >= 15 is 0 Å². The molecule has 1 aliphatic rings. The molecule has 0 fully saturated rings. The van der Waals surface area contributed by atoms with E-state index in [4.69, 9.17) is 18.9 Å². The number of para-hydroxylation sites is 1. The van der Waals surface area contributed by atoms with Gasteiger partial charge in [-0.2, -0.15) is 0 Å². The van der Waals surface area contributed by atoms with Gasteiger partial charge in [0.1, 0.15) is 11.3 Å². The summed E-state index contributed by atoms with van der Waals surface area (Å²) in [6.07, 6.45) is 0. The summed E-state index contributed by atoms with van der Waals surface area (Å²) in [4.78, 5) is 4.87. The molecule has 4 aromatic rings. The summed E-state index contributed by atoms with van der Waals surface area (Å²) in [7, 11) is 0. The Morgan fingerprint density at radius 3 is 2.63 bits per heavy atom. The second kappa shape index (κ2) is 6.32. The van der Waals surface area contributed by atoms with Crippen LogP contribution in [-0.2, 0) is 0 Å². The summed E-state index contributed by atoms with van der Waals surface area (Å²) >= 11 is 0. The Morgan fingerprint density at radius 2 is 1.70 bits per heavy atom. The van der Waals surface area contributed by atoms with Gasteiger partial charge in [0.2, 0.25) is 6.79 Å². The predicted molar refractivity (Wildman–Crippen MR) is 104 cm³/mol. The molecule has 2 heterocycles. The van der Waals surface area contributed by atoms with Crippen molar-refractivity contribution in [1.29, 1.82) is 0 Å². The van der Waals surface area contributed by atoms with Crippen LogP contribution in [-0.4, -0.2) is 6.79 Å². The van der Waals surface area contributed by atoms with Crippen molar-refractivity contribution >= 4 is 16.7 Å². The van der Waals surface area contributed by atoms with Crippen LogP contribution >= 0.6 is 0 Å². The van der Waals surface area contributed by atoms with E-state index in [1.165, 1.54) is 5.56 Å². The number of fused-ring (bicyclic) bond motifs is 2. The number of rotatable bonds is 2. The smallest absolute Gasteiger partial charge is 0.231 e. The summed E-state index contributed by atoms with van der Waals surface area (Å²) in [5, 5.41) is 1.85. The van der Waals surface area contributed by atoms with Crippen LogP contribution < -0.4 is 14.8 Å². The van der Waals surface area contributed by atoms with Gasteiger partial charge in [0.05, 0.1) is 11.0 Å². The van der Waals surface area contributed by atoms with Crippen LogP contribution in [0.1, 0.15) is 5.56 Å².